The van der Waals surface area contributed by atoms with Gasteiger partial charge >= 0.3 is 6.03 Å². The Hall–Kier alpha value is -3.90. The zero-order valence-electron chi connectivity index (χ0n) is 27.7. The van der Waals surface area contributed by atoms with Gasteiger partial charge in [0.05, 0.1) is 13.8 Å². The Kier molecular flexibility index (Phi) is 16.3. The van der Waals surface area contributed by atoms with Gasteiger partial charge < -0.3 is 27.0 Å². The first-order valence-corrected chi connectivity index (χ1v) is 16.5. The predicted octanol–water partition coefficient (Wildman–Crippen LogP) is 2.74. The van der Waals surface area contributed by atoms with E-state index in [1.807, 2.05) is 13.8 Å². The zero-order chi connectivity index (χ0) is 34.2. The monoisotopic (exact) mass is 638 g/mol. The minimum Gasteiger partial charge on any atom is -0.352 e. The summed E-state index contributed by atoms with van der Waals surface area (Å²) in [6.07, 6.45) is 4.92. The van der Waals surface area contributed by atoms with Crippen LogP contribution in [0.1, 0.15) is 91.0 Å². The fraction of sp³-hybridized carbons (Fsp3) is 0.636. The van der Waals surface area contributed by atoms with E-state index in [0.29, 0.717) is 44.2 Å². The molecular formula is C33H51BN6O6. The summed E-state index contributed by atoms with van der Waals surface area (Å²) in [6, 6.07) is 4.52. The van der Waals surface area contributed by atoms with E-state index in [1.54, 1.807) is 38.1 Å². The highest BCUT2D eigenvalue weighted by atomic mass is 16.2. The molecule has 0 spiro atoms. The molecule has 1 aromatic rings. The van der Waals surface area contributed by atoms with E-state index in [9.17, 15) is 28.8 Å². The van der Waals surface area contributed by atoms with Crippen LogP contribution < -0.4 is 27.0 Å². The lowest BCUT2D eigenvalue weighted by Crippen LogP contribution is -2.54. The van der Waals surface area contributed by atoms with Crippen LogP contribution in [0.4, 0.5) is 10.5 Å². The third kappa shape index (κ3) is 12.1. The Balaban J connectivity index is 1.90. The average molecular weight is 639 g/mol. The number of primary amides is 1. The van der Waals surface area contributed by atoms with Gasteiger partial charge in [-0.15, -0.1) is 0 Å². The van der Waals surface area contributed by atoms with Gasteiger partial charge in [0.2, 0.25) is 29.5 Å². The third-order valence-corrected chi connectivity index (χ3v) is 8.51. The van der Waals surface area contributed by atoms with Crippen molar-refractivity contribution in [1.82, 2.24) is 20.9 Å². The van der Waals surface area contributed by atoms with Crippen molar-refractivity contribution in [1.29, 1.82) is 0 Å². The molecule has 7 amide bonds. The van der Waals surface area contributed by atoms with Gasteiger partial charge in [-0.2, -0.15) is 0 Å². The topological polar surface area (TPSA) is 180 Å². The van der Waals surface area contributed by atoms with Gasteiger partial charge in [0.1, 0.15) is 12.1 Å². The number of carbonyl (C=O) groups excluding carboxylic acids is 6. The first-order valence-electron chi connectivity index (χ1n) is 16.5. The fourth-order valence-corrected chi connectivity index (χ4v) is 5.68. The summed E-state index contributed by atoms with van der Waals surface area (Å²) < 4.78 is 0. The number of unbranched alkanes of at least 4 members (excludes halogenated alkanes) is 2. The van der Waals surface area contributed by atoms with Crippen molar-refractivity contribution in [3.8, 4) is 0 Å². The molecule has 0 bridgehead atoms. The molecule has 2 rings (SSSR count). The van der Waals surface area contributed by atoms with E-state index < -0.39 is 29.9 Å². The molecule has 0 saturated carbocycles. The molecule has 1 heterocycles. The lowest BCUT2D eigenvalue weighted by atomic mass is 9.87. The molecule has 1 aromatic carbocycles. The van der Waals surface area contributed by atoms with Gasteiger partial charge in [-0.25, -0.2) is 4.79 Å². The minimum absolute atomic E-state index is 0.0807. The molecule has 1 aliphatic heterocycles. The summed E-state index contributed by atoms with van der Waals surface area (Å²) in [6.45, 7) is 8.26. The number of nitrogens with zero attached hydrogens (tertiary/aromatic N) is 1. The molecule has 252 valence electrons. The molecule has 1 fully saturated rings. The van der Waals surface area contributed by atoms with Crippen molar-refractivity contribution in [3.05, 3.63) is 29.8 Å². The summed E-state index contributed by atoms with van der Waals surface area (Å²) in [4.78, 5) is 77.0. The molecule has 13 heteroatoms. The number of hydrogen-bond donors (Lipinski definition) is 5. The zero-order valence-corrected chi connectivity index (χ0v) is 27.7. The van der Waals surface area contributed by atoms with Gasteiger partial charge in [-0.1, -0.05) is 71.0 Å². The van der Waals surface area contributed by atoms with Gasteiger partial charge in [0.25, 0.3) is 0 Å². The van der Waals surface area contributed by atoms with Crippen LogP contribution in [-0.4, -0.2) is 73.5 Å². The normalized spacial score (nSPS) is 16.0. The third-order valence-electron chi connectivity index (χ3n) is 8.51. The van der Waals surface area contributed by atoms with Crippen LogP contribution in [-0.2, 0) is 30.3 Å². The smallest absolute Gasteiger partial charge is 0.312 e. The van der Waals surface area contributed by atoms with Gasteiger partial charge in [0.15, 0.2) is 0 Å². The Bertz CT molecular complexity index is 1190. The van der Waals surface area contributed by atoms with Crippen LogP contribution >= 0.6 is 0 Å². The molecule has 2 unspecified atom stereocenters. The van der Waals surface area contributed by atoms with Crippen LogP contribution in [0.15, 0.2) is 24.3 Å². The molecule has 2 radical (unpaired) electrons. The highest BCUT2D eigenvalue weighted by molar-refractivity contribution is 6.08. The van der Waals surface area contributed by atoms with Crippen molar-refractivity contribution in [2.75, 3.05) is 18.4 Å². The molecular weight excluding hydrogens is 587 g/mol. The molecule has 46 heavy (non-hydrogen) atoms. The van der Waals surface area contributed by atoms with E-state index in [2.05, 4.69) is 21.3 Å². The predicted molar refractivity (Wildman–Crippen MR) is 177 cm³/mol. The minimum atomic E-state index is -0.935. The maximum absolute atomic E-state index is 13.3. The summed E-state index contributed by atoms with van der Waals surface area (Å²) in [5.74, 6) is -1.72. The second kappa shape index (κ2) is 19.6. The number of anilines is 1. The van der Waals surface area contributed by atoms with Crippen LogP contribution in [0.25, 0.3) is 0 Å². The number of urea groups is 1. The van der Waals surface area contributed by atoms with Crippen molar-refractivity contribution in [2.24, 2.45) is 23.5 Å². The highest BCUT2D eigenvalue weighted by Gasteiger charge is 2.41. The number of carbonyl (C=O) groups is 6. The van der Waals surface area contributed by atoms with E-state index in [0.717, 1.165) is 18.4 Å². The number of hydrogen-bond acceptors (Lipinski definition) is 6. The largest absolute Gasteiger partial charge is 0.352 e. The van der Waals surface area contributed by atoms with Crippen LogP contribution in [0.5, 0.6) is 0 Å². The number of nitrogens with two attached hydrogens (primary N) is 1. The highest BCUT2D eigenvalue weighted by Crippen LogP contribution is 2.31. The van der Waals surface area contributed by atoms with Crippen molar-refractivity contribution in [3.63, 3.8) is 0 Å². The first-order chi connectivity index (χ1) is 21.9. The second-order valence-corrected chi connectivity index (χ2v) is 12.3. The lowest BCUT2D eigenvalue weighted by molar-refractivity contribution is -0.140. The molecule has 1 aliphatic rings. The fourth-order valence-electron chi connectivity index (χ4n) is 5.68. The number of imide groups is 1. The Morgan fingerprint density at radius 2 is 1.63 bits per heavy atom. The molecule has 0 aliphatic carbocycles. The van der Waals surface area contributed by atoms with Crippen molar-refractivity contribution < 1.29 is 28.8 Å². The summed E-state index contributed by atoms with van der Waals surface area (Å²) >= 11 is 0. The Morgan fingerprint density at radius 1 is 0.957 bits per heavy atom. The maximum atomic E-state index is 13.3. The number of amides is 7. The van der Waals surface area contributed by atoms with Crippen molar-refractivity contribution >= 4 is 49.1 Å². The molecule has 12 nitrogen and oxygen atoms in total. The first kappa shape index (κ1) is 38.3. The van der Waals surface area contributed by atoms with Crippen molar-refractivity contribution in [2.45, 2.75) is 104 Å². The lowest BCUT2D eigenvalue weighted by Gasteiger charge is -2.25. The Morgan fingerprint density at radius 3 is 2.22 bits per heavy atom. The standard InChI is InChI=1S/C33H51BN6O6/c1-5-23(6-2)25-19-28(42)40(32(25)45)18-9-7-8-12-27(41)39-29(21(3)4)31(44)38-26(11-10-17-36-33(35)46)30(43)37-24-15-13-22(20-34)14-16-24/h13-16,21,23,25-26,29H,5-12,17-20H2,1-4H3,(H,37,43)(H,38,44)(H,39,41)(H3,35,36,46)/t25?,26-,29?/m0/s1. The van der Waals surface area contributed by atoms with Crippen LogP contribution in [0, 0.1) is 17.8 Å². The van der Waals surface area contributed by atoms with Gasteiger partial charge in [-0.05, 0) is 49.7 Å². The van der Waals surface area contributed by atoms with Gasteiger partial charge in [-0.3, -0.25) is 28.9 Å². The SMILES string of the molecule is [B]Cc1ccc(NC(=O)[C@H](CCCNC(N)=O)NC(=O)C(NC(=O)CCCCCN2C(=O)CC(C(CC)CC)C2=O)C(C)C)cc1. The van der Waals surface area contributed by atoms with Crippen LogP contribution in [0.3, 0.4) is 0 Å². The molecule has 3 atom stereocenters. The number of nitrogens with one attached hydrogen (secondary N) is 4. The number of likely N-dealkylation sites (tertiary alicyclic amines) is 1. The Labute approximate surface area is 274 Å². The maximum Gasteiger partial charge on any atom is 0.312 e. The van der Waals surface area contributed by atoms with E-state index in [1.165, 1.54) is 4.90 Å². The summed E-state index contributed by atoms with van der Waals surface area (Å²) in [5.41, 5.74) is 6.57. The molecule has 6 N–H and O–H groups in total. The molecule has 1 saturated heterocycles. The summed E-state index contributed by atoms with van der Waals surface area (Å²) in [5, 5.41) is 10.8. The number of rotatable bonds is 20. The van der Waals surface area contributed by atoms with E-state index in [4.69, 9.17) is 13.6 Å². The van der Waals surface area contributed by atoms with E-state index in [-0.39, 0.29) is 61.3 Å². The van der Waals surface area contributed by atoms with Crippen LogP contribution in [0.2, 0.25) is 0 Å². The second-order valence-electron chi connectivity index (χ2n) is 12.3. The quantitative estimate of drug-likeness (QED) is 0.0832. The molecule has 0 aromatic heterocycles. The van der Waals surface area contributed by atoms with Gasteiger partial charge in [0, 0.05) is 31.6 Å². The summed E-state index contributed by atoms with van der Waals surface area (Å²) in [7, 11) is 5.65. The average Bonchev–Trinajstić information content (AvgIpc) is 3.30. The number of benzene rings is 1. The van der Waals surface area contributed by atoms with E-state index >= 15 is 0 Å².